The van der Waals surface area contributed by atoms with Crippen LogP contribution >= 0.6 is 0 Å². The van der Waals surface area contributed by atoms with Crippen LogP contribution in [0, 0.1) is 0 Å². The molecule has 0 aliphatic carbocycles. The molecule has 0 saturated heterocycles. The molecule has 0 saturated carbocycles. The number of carbonyl (C=O) groups is 1. The van der Waals surface area contributed by atoms with Crippen molar-refractivity contribution in [1.82, 2.24) is 0 Å². The summed E-state index contributed by atoms with van der Waals surface area (Å²) in [5.41, 5.74) is 2.98. The van der Waals surface area contributed by atoms with Gasteiger partial charge >= 0.3 is 0 Å². The highest BCUT2D eigenvalue weighted by Crippen LogP contribution is 2.28. The van der Waals surface area contributed by atoms with Crippen LogP contribution < -0.4 is 9.75 Å². The Morgan fingerprint density at radius 1 is 1.00 bits per heavy atom. The molecule has 0 spiro atoms. The largest absolute Gasteiger partial charge is 0.494 e. The number of hydrogen-bond donors (Lipinski definition) is 0. The number of ether oxygens (including phenoxy) is 1. The van der Waals surface area contributed by atoms with Crippen LogP contribution in [0.2, 0.25) is 0 Å². The van der Waals surface area contributed by atoms with Crippen LogP contribution in [0.4, 0.5) is 5.69 Å². The Balaban J connectivity index is 1.67. The number of fused-ring (bicyclic) bond motifs is 1. The van der Waals surface area contributed by atoms with E-state index in [4.69, 9.17) is 4.74 Å². The van der Waals surface area contributed by atoms with Crippen molar-refractivity contribution >= 4 is 34.2 Å². The normalized spacial score (nSPS) is 15.5. The van der Waals surface area contributed by atoms with E-state index in [2.05, 4.69) is 11.2 Å². The Bertz CT molecular complexity index is 1080. The van der Waals surface area contributed by atoms with Crippen LogP contribution in [0.1, 0.15) is 19.4 Å². The first kappa shape index (κ1) is 17.0. The van der Waals surface area contributed by atoms with E-state index in [1.807, 2.05) is 80.6 Å². The second kappa shape index (κ2) is 7.08. The molecule has 27 heavy (non-hydrogen) atoms. The van der Waals surface area contributed by atoms with E-state index in [0.717, 1.165) is 27.8 Å². The Kier molecular flexibility index (Phi) is 4.47. The number of amides is 1. The molecule has 1 heterocycles. The molecule has 0 aromatic heterocycles. The Labute approximate surface area is 158 Å². The third-order valence-electron chi connectivity index (χ3n) is 4.52. The van der Waals surface area contributed by atoms with E-state index in [9.17, 15) is 4.79 Å². The molecule has 4 heteroatoms. The maximum absolute atomic E-state index is 13.0. The van der Waals surface area contributed by atoms with Crippen molar-refractivity contribution in [2.45, 2.75) is 13.8 Å². The van der Waals surface area contributed by atoms with Crippen LogP contribution in [-0.4, -0.2) is 18.2 Å². The van der Waals surface area contributed by atoms with Crippen molar-refractivity contribution in [2.24, 2.45) is 5.10 Å². The van der Waals surface area contributed by atoms with Crippen LogP contribution in [-0.2, 0) is 4.79 Å². The van der Waals surface area contributed by atoms with Crippen LogP contribution in [0.3, 0.4) is 0 Å². The maximum Gasteiger partial charge on any atom is 0.280 e. The van der Waals surface area contributed by atoms with E-state index in [1.54, 1.807) is 0 Å². The molecule has 4 nitrogen and oxygen atoms in total. The first-order chi connectivity index (χ1) is 13.2. The lowest BCUT2D eigenvalue weighted by atomic mass is 10.1. The van der Waals surface area contributed by atoms with Crippen molar-refractivity contribution in [1.29, 1.82) is 0 Å². The van der Waals surface area contributed by atoms with Crippen LogP contribution in [0.25, 0.3) is 16.8 Å². The quantitative estimate of drug-likeness (QED) is 0.614. The van der Waals surface area contributed by atoms with Gasteiger partial charge in [0.2, 0.25) is 0 Å². The smallest absolute Gasteiger partial charge is 0.280 e. The van der Waals surface area contributed by atoms with Crippen molar-refractivity contribution in [3.05, 3.63) is 77.9 Å². The minimum atomic E-state index is -0.121. The molecule has 0 radical (unpaired) electrons. The fraction of sp³-hybridized carbons (Fsp3) is 0.130. The van der Waals surface area contributed by atoms with Gasteiger partial charge in [-0.3, -0.25) is 4.79 Å². The molecule has 134 valence electrons. The number of nitrogens with zero attached hydrogens (tertiary/aromatic N) is 2. The number of hydrogen-bond acceptors (Lipinski definition) is 3. The van der Waals surface area contributed by atoms with Gasteiger partial charge in [0.05, 0.1) is 23.6 Å². The van der Waals surface area contributed by atoms with Crippen LogP contribution in [0.15, 0.2) is 77.4 Å². The second-order valence-corrected chi connectivity index (χ2v) is 6.40. The Hall–Kier alpha value is -3.40. The van der Waals surface area contributed by atoms with Gasteiger partial charge in [-0.05, 0) is 60.5 Å². The van der Waals surface area contributed by atoms with Gasteiger partial charge in [-0.1, -0.05) is 42.5 Å². The van der Waals surface area contributed by atoms with E-state index < -0.39 is 0 Å². The molecule has 0 atom stereocenters. The zero-order valence-electron chi connectivity index (χ0n) is 15.3. The standard InChI is InChI=1S/C23H20N2O2/c1-3-27-21-10-6-7-17(13-21)14-22-16(2)24-25(23(22)26)20-12-11-18-8-4-5-9-19(18)15-20/h4-15H,3H2,1-2H3. The topological polar surface area (TPSA) is 41.9 Å². The average Bonchev–Trinajstić information content (AvgIpc) is 2.96. The first-order valence-electron chi connectivity index (χ1n) is 8.99. The van der Waals surface area contributed by atoms with Gasteiger partial charge in [-0.15, -0.1) is 0 Å². The summed E-state index contributed by atoms with van der Waals surface area (Å²) in [6.45, 7) is 4.41. The summed E-state index contributed by atoms with van der Waals surface area (Å²) in [7, 11) is 0. The van der Waals surface area contributed by atoms with Crippen molar-refractivity contribution in [3.8, 4) is 5.75 Å². The number of benzene rings is 3. The van der Waals surface area contributed by atoms with Gasteiger partial charge in [0.15, 0.2) is 0 Å². The van der Waals surface area contributed by atoms with Crippen molar-refractivity contribution in [3.63, 3.8) is 0 Å². The highest BCUT2D eigenvalue weighted by atomic mass is 16.5. The summed E-state index contributed by atoms with van der Waals surface area (Å²) in [5, 5.41) is 8.17. The summed E-state index contributed by atoms with van der Waals surface area (Å²) < 4.78 is 5.54. The van der Waals surface area contributed by atoms with Gasteiger partial charge in [0.1, 0.15) is 5.75 Å². The summed E-state index contributed by atoms with van der Waals surface area (Å²) in [4.78, 5) is 13.0. The molecule has 3 aromatic rings. The Morgan fingerprint density at radius 2 is 1.81 bits per heavy atom. The third-order valence-corrected chi connectivity index (χ3v) is 4.52. The lowest BCUT2D eigenvalue weighted by Crippen LogP contribution is -2.21. The predicted octanol–water partition coefficient (Wildman–Crippen LogP) is 5.04. The fourth-order valence-electron chi connectivity index (χ4n) is 3.20. The zero-order chi connectivity index (χ0) is 18.8. The molecule has 0 bridgehead atoms. The highest BCUT2D eigenvalue weighted by Gasteiger charge is 2.28. The van der Waals surface area contributed by atoms with Crippen molar-refractivity contribution < 1.29 is 9.53 Å². The summed E-state index contributed by atoms with van der Waals surface area (Å²) in [5.74, 6) is 0.669. The number of hydrazone groups is 1. The van der Waals surface area contributed by atoms with Crippen molar-refractivity contribution in [2.75, 3.05) is 11.6 Å². The minimum absolute atomic E-state index is 0.121. The van der Waals surface area contributed by atoms with E-state index in [-0.39, 0.29) is 5.91 Å². The number of carbonyl (C=O) groups excluding carboxylic acids is 1. The summed E-state index contributed by atoms with van der Waals surface area (Å²) in [6.07, 6.45) is 1.87. The summed E-state index contributed by atoms with van der Waals surface area (Å²) >= 11 is 0. The van der Waals surface area contributed by atoms with E-state index in [1.165, 1.54) is 5.01 Å². The highest BCUT2D eigenvalue weighted by molar-refractivity contribution is 6.32. The van der Waals surface area contributed by atoms with Gasteiger partial charge in [-0.25, -0.2) is 0 Å². The van der Waals surface area contributed by atoms with Gasteiger partial charge in [-0.2, -0.15) is 10.1 Å². The summed E-state index contributed by atoms with van der Waals surface area (Å²) in [6, 6.07) is 21.7. The molecule has 0 N–H and O–H groups in total. The zero-order valence-corrected chi connectivity index (χ0v) is 15.3. The molecule has 0 fully saturated rings. The monoisotopic (exact) mass is 356 g/mol. The maximum atomic E-state index is 13.0. The molecular formula is C23H20N2O2. The lowest BCUT2D eigenvalue weighted by molar-refractivity contribution is -0.114. The SMILES string of the molecule is CCOc1cccc(C=C2C(=O)N(c3ccc4ccccc4c3)N=C2C)c1. The second-order valence-electron chi connectivity index (χ2n) is 6.40. The number of anilines is 1. The van der Waals surface area contributed by atoms with Gasteiger partial charge in [0.25, 0.3) is 5.91 Å². The molecule has 1 amide bonds. The predicted molar refractivity (Wildman–Crippen MR) is 110 cm³/mol. The Morgan fingerprint density at radius 3 is 2.63 bits per heavy atom. The van der Waals surface area contributed by atoms with E-state index >= 15 is 0 Å². The molecule has 1 aliphatic heterocycles. The number of rotatable bonds is 4. The molecule has 4 rings (SSSR count). The lowest BCUT2D eigenvalue weighted by Gasteiger charge is -2.12. The van der Waals surface area contributed by atoms with Gasteiger partial charge in [0, 0.05) is 0 Å². The minimum Gasteiger partial charge on any atom is -0.494 e. The molecule has 0 unspecified atom stereocenters. The first-order valence-corrected chi connectivity index (χ1v) is 8.99. The molecule has 1 aliphatic rings. The van der Waals surface area contributed by atoms with Gasteiger partial charge < -0.3 is 4.74 Å². The molecule has 3 aromatic carbocycles. The third kappa shape index (κ3) is 3.34. The average molecular weight is 356 g/mol. The van der Waals surface area contributed by atoms with E-state index in [0.29, 0.717) is 17.9 Å². The molecular weight excluding hydrogens is 336 g/mol. The van der Waals surface area contributed by atoms with Crippen LogP contribution in [0.5, 0.6) is 5.75 Å². The fourth-order valence-corrected chi connectivity index (χ4v) is 3.20.